The topological polar surface area (TPSA) is 41.6 Å². The Labute approximate surface area is 140 Å². The van der Waals surface area contributed by atoms with Crippen LogP contribution in [0.5, 0.6) is 5.75 Å². The van der Waals surface area contributed by atoms with Gasteiger partial charge in [0.15, 0.2) is 0 Å². The number of methoxy groups -OCH3 is 1. The number of nitrogens with zero attached hydrogens (tertiary/aromatic N) is 1. The average Bonchev–Trinajstić information content (AvgIpc) is 2.78. The number of rotatable bonds is 4. The van der Waals surface area contributed by atoms with E-state index < -0.39 is 0 Å². The Hall–Kier alpha value is -1.07. The van der Waals surface area contributed by atoms with E-state index in [1.807, 2.05) is 18.2 Å². The maximum Gasteiger partial charge on any atom is 0.223 e. The van der Waals surface area contributed by atoms with Crippen LogP contribution < -0.4 is 10.1 Å². The van der Waals surface area contributed by atoms with Gasteiger partial charge >= 0.3 is 0 Å². The molecule has 4 nitrogen and oxygen atoms in total. The summed E-state index contributed by atoms with van der Waals surface area (Å²) in [5.74, 6) is 1.13. The van der Waals surface area contributed by atoms with E-state index in [9.17, 15) is 4.79 Å². The van der Waals surface area contributed by atoms with Crippen molar-refractivity contribution in [3.8, 4) is 5.75 Å². The number of aryl methyl sites for hydroxylation is 1. The molecule has 2 fully saturated rings. The summed E-state index contributed by atoms with van der Waals surface area (Å²) >= 11 is 3.50. The molecule has 2 bridgehead atoms. The molecule has 3 rings (SSSR count). The number of fused-ring (bicyclic) bond motifs is 2. The number of ether oxygens (including phenoxy) is 1. The number of nitrogens with one attached hydrogen (secondary N) is 1. The van der Waals surface area contributed by atoms with Gasteiger partial charge < -0.3 is 15.0 Å². The van der Waals surface area contributed by atoms with Gasteiger partial charge in [0.2, 0.25) is 5.91 Å². The van der Waals surface area contributed by atoms with E-state index in [0.29, 0.717) is 24.4 Å². The van der Waals surface area contributed by atoms with Gasteiger partial charge in [-0.3, -0.25) is 4.79 Å². The highest BCUT2D eigenvalue weighted by atomic mass is 79.9. The largest absolute Gasteiger partial charge is 0.496 e. The maximum atomic E-state index is 12.7. The van der Waals surface area contributed by atoms with Crippen molar-refractivity contribution < 1.29 is 9.53 Å². The number of hydrogen-bond acceptors (Lipinski definition) is 3. The van der Waals surface area contributed by atoms with E-state index >= 15 is 0 Å². The molecule has 2 heterocycles. The Morgan fingerprint density at radius 3 is 2.95 bits per heavy atom. The standard InChI is InChI=1S/C17H23BrN2O2/c1-22-16-6-2-12(10-15(16)18)3-7-17(21)20-13-4-5-14(20)11-19-9-8-13/h2,6,10,13-14,19H,3-5,7-9,11H2,1H3. The molecular formula is C17H23BrN2O2. The molecule has 0 spiro atoms. The molecule has 1 aromatic rings. The van der Waals surface area contributed by atoms with E-state index in [-0.39, 0.29) is 0 Å². The third-order valence-electron chi connectivity index (χ3n) is 4.79. The van der Waals surface area contributed by atoms with Crippen LogP contribution in [-0.4, -0.2) is 43.1 Å². The summed E-state index contributed by atoms with van der Waals surface area (Å²) in [6.45, 7) is 1.99. The van der Waals surface area contributed by atoms with Crippen molar-refractivity contribution in [1.82, 2.24) is 10.2 Å². The minimum Gasteiger partial charge on any atom is -0.496 e. The highest BCUT2D eigenvalue weighted by Gasteiger charge is 2.37. The molecule has 1 N–H and O–H groups in total. The lowest BCUT2D eigenvalue weighted by atomic mass is 10.1. The first-order chi connectivity index (χ1) is 10.7. The summed E-state index contributed by atoms with van der Waals surface area (Å²) in [6, 6.07) is 6.89. The molecule has 0 aliphatic carbocycles. The van der Waals surface area contributed by atoms with Crippen molar-refractivity contribution in [2.45, 2.75) is 44.2 Å². The van der Waals surface area contributed by atoms with Gasteiger partial charge in [0, 0.05) is 25.0 Å². The van der Waals surface area contributed by atoms with E-state index in [2.05, 4.69) is 26.1 Å². The van der Waals surface area contributed by atoms with E-state index in [1.54, 1.807) is 7.11 Å². The van der Waals surface area contributed by atoms with Crippen molar-refractivity contribution in [3.05, 3.63) is 28.2 Å². The first kappa shape index (κ1) is 15.8. The zero-order chi connectivity index (χ0) is 15.5. The van der Waals surface area contributed by atoms with Crippen LogP contribution in [0.3, 0.4) is 0 Å². The normalized spacial score (nSPS) is 24.2. The molecule has 2 aliphatic rings. The molecular weight excluding hydrogens is 344 g/mol. The van der Waals surface area contributed by atoms with Crippen LogP contribution in [0.4, 0.5) is 0 Å². The van der Waals surface area contributed by atoms with E-state index in [0.717, 1.165) is 42.6 Å². The smallest absolute Gasteiger partial charge is 0.223 e. The molecule has 2 aliphatic heterocycles. The van der Waals surface area contributed by atoms with E-state index in [1.165, 1.54) is 12.0 Å². The molecule has 2 atom stereocenters. The average molecular weight is 367 g/mol. The van der Waals surface area contributed by atoms with Crippen molar-refractivity contribution in [3.63, 3.8) is 0 Å². The van der Waals surface area contributed by atoms with Crippen LogP contribution in [0.1, 0.15) is 31.2 Å². The van der Waals surface area contributed by atoms with Gasteiger partial charge in [-0.1, -0.05) is 6.07 Å². The second-order valence-electron chi connectivity index (χ2n) is 6.15. The summed E-state index contributed by atoms with van der Waals surface area (Å²) in [6.07, 6.45) is 4.79. The monoisotopic (exact) mass is 366 g/mol. The van der Waals surface area contributed by atoms with Crippen LogP contribution >= 0.6 is 15.9 Å². The minimum absolute atomic E-state index is 0.308. The first-order valence-corrected chi connectivity index (χ1v) is 8.82. The summed E-state index contributed by atoms with van der Waals surface area (Å²) in [5.41, 5.74) is 1.17. The molecule has 5 heteroatoms. The predicted octanol–water partition coefficient (Wildman–Crippen LogP) is 2.74. The van der Waals surface area contributed by atoms with Crippen LogP contribution in [0, 0.1) is 0 Å². The summed E-state index contributed by atoms with van der Waals surface area (Å²) in [5, 5.41) is 3.44. The predicted molar refractivity (Wildman–Crippen MR) is 90.2 cm³/mol. The molecule has 0 aromatic heterocycles. The summed E-state index contributed by atoms with van der Waals surface area (Å²) in [7, 11) is 1.66. The lowest BCUT2D eigenvalue weighted by Crippen LogP contribution is -2.42. The Bertz CT molecular complexity index is 535. The third-order valence-corrected chi connectivity index (χ3v) is 5.41. The quantitative estimate of drug-likeness (QED) is 0.890. The second kappa shape index (κ2) is 7.01. The number of halogens is 1. The van der Waals surface area contributed by atoms with Crippen molar-refractivity contribution in [1.29, 1.82) is 0 Å². The fourth-order valence-electron chi connectivity index (χ4n) is 3.64. The van der Waals surface area contributed by atoms with Crippen LogP contribution in [0.15, 0.2) is 22.7 Å². The van der Waals surface area contributed by atoms with E-state index in [4.69, 9.17) is 4.74 Å². The van der Waals surface area contributed by atoms with Gasteiger partial charge in [-0.05, 0) is 65.9 Å². The van der Waals surface area contributed by atoms with Gasteiger partial charge in [-0.2, -0.15) is 0 Å². The number of amides is 1. The highest BCUT2D eigenvalue weighted by molar-refractivity contribution is 9.10. The van der Waals surface area contributed by atoms with Gasteiger partial charge in [0.05, 0.1) is 11.6 Å². The number of hydrogen-bond donors (Lipinski definition) is 1. The van der Waals surface area contributed by atoms with Crippen molar-refractivity contribution in [2.24, 2.45) is 0 Å². The van der Waals surface area contributed by atoms with Crippen LogP contribution in [0.2, 0.25) is 0 Å². The molecule has 0 saturated carbocycles. The first-order valence-electron chi connectivity index (χ1n) is 8.03. The van der Waals surface area contributed by atoms with Gasteiger partial charge in [0.1, 0.15) is 5.75 Å². The van der Waals surface area contributed by atoms with Gasteiger partial charge in [0.25, 0.3) is 0 Å². The Morgan fingerprint density at radius 1 is 1.36 bits per heavy atom. The molecule has 22 heavy (non-hydrogen) atoms. The maximum absolute atomic E-state index is 12.7. The Morgan fingerprint density at radius 2 is 2.18 bits per heavy atom. The fraction of sp³-hybridized carbons (Fsp3) is 0.588. The van der Waals surface area contributed by atoms with Gasteiger partial charge in [-0.15, -0.1) is 0 Å². The third kappa shape index (κ3) is 3.30. The zero-order valence-electron chi connectivity index (χ0n) is 13.0. The molecule has 2 unspecified atom stereocenters. The minimum atomic E-state index is 0.308. The number of benzene rings is 1. The van der Waals surface area contributed by atoms with Crippen molar-refractivity contribution in [2.75, 3.05) is 20.2 Å². The Balaban J connectivity index is 1.61. The Kier molecular flexibility index (Phi) is 5.03. The van der Waals surface area contributed by atoms with Gasteiger partial charge in [-0.25, -0.2) is 0 Å². The second-order valence-corrected chi connectivity index (χ2v) is 7.00. The van der Waals surface area contributed by atoms with Crippen LogP contribution in [-0.2, 0) is 11.2 Å². The molecule has 1 amide bonds. The zero-order valence-corrected chi connectivity index (χ0v) is 14.6. The molecule has 0 radical (unpaired) electrons. The van der Waals surface area contributed by atoms with Crippen molar-refractivity contribution >= 4 is 21.8 Å². The SMILES string of the molecule is COc1ccc(CCC(=O)N2C3CCNCC2CC3)cc1Br. The molecule has 2 saturated heterocycles. The molecule has 120 valence electrons. The fourth-order valence-corrected chi connectivity index (χ4v) is 4.22. The summed E-state index contributed by atoms with van der Waals surface area (Å²) < 4.78 is 6.19. The lowest BCUT2D eigenvalue weighted by molar-refractivity contribution is -0.133. The lowest BCUT2D eigenvalue weighted by Gasteiger charge is -2.28. The molecule has 1 aromatic carbocycles. The van der Waals surface area contributed by atoms with Crippen LogP contribution in [0.25, 0.3) is 0 Å². The summed E-state index contributed by atoms with van der Waals surface area (Å²) in [4.78, 5) is 14.8. The number of carbonyl (C=O) groups excluding carboxylic acids is 1. The number of carbonyl (C=O) groups is 1. The highest BCUT2D eigenvalue weighted by Crippen LogP contribution is 2.29.